The maximum atomic E-state index is 6.04. The molecule has 0 bridgehead atoms. The van der Waals surface area contributed by atoms with Crippen molar-refractivity contribution in [2.45, 2.75) is 98.4 Å². The molecular weight excluding hydrogens is 259 g/mol. The zero-order valence-corrected chi connectivity index (χ0v) is 14.5. The zero-order chi connectivity index (χ0) is 14.7. The molecule has 0 N–H and O–H groups in total. The number of hydrogen-bond donors (Lipinski definition) is 0. The third kappa shape index (κ3) is 8.24. The van der Waals surface area contributed by atoms with Crippen LogP contribution in [-0.2, 0) is 13.6 Å². The molecule has 116 valence electrons. The van der Waals surface area contributed by atoms with Gasteiger partial charge in [0, 0.05) is 0 Å². The van der Waals surface area contributed by atoms with Gasteiger partial charge in [0.2, 0.25) is 0 Å². The second-order valence-corrected chi connectivity index (χ2v) is 5.94. The van der Waals surface area contributed by atoms with Crippen LogP contribution in [0.4, 0.5) is 0 Å². The summed E-state index contributed by atoms with van der Waals surface area (Å²) in [5.74, 6) is 0. The van der Waals surface area contributed by atoms with Gasteiger partial charge in [-0.3, -0.25) is 0 Å². The molecule has 0 fully saturated rings. The van der Waals surface area contributed by atoms with Crippen LogP contribution in [0.2, 0.25) is 0 Å². The first-order valence-corrected chi connectivity index (χ1v) is 9.04. The van der Waals surface area contributed by atoms with Crippen LogP contribution in [0.3, 0.4) is 0 Å². The summed E-state index contributed by atoms with van der Waals surface area (Å²) in [7, 11) is -1.21. The highest BCUT2D eigenvalue weighted by Crippen LogP contribution is 2.46. The topological polar surface area (TPSA) is 27.7 Å². The second-order valence-electron chi connectivity index (χ2n) is 4.86. The summed E-state index contributed by atoms with van der Waals surface area (Å²) in [5, 5.41) is 0. The van der Waals surface area contributed by atoms with Gasteiger partial charge in [-0.05, 0) is 38.5 Å². The molecule has 0 aromatic carbocycles. The minimum Gasteiger partial charge on any atom is -0.309 e. The molecule has 0 aliphatic rings. The Morgan fingerprint density at radius 2 is 0.737 bits per heavy atom. The van der Waals surface area contributed by atoms with Gasteiger partial charge in [0.15, 0.2) is 0 Å². The largest absolute Gasteiger partial charge is 0.333 e. The van der Waals surface area contributed by atoms with Crippen molar-refractivity contribution in [3.63, 3.8) is 0 Å². The molecule has 0 aromatic heterocycles. The van der Waals surface area contributed by atoms with E-state index in [0.717, 1.165) is 38.5 Å². The summed E-state index contributed by atoms with van der Waals surface area (Å²) in [6, 6.07) is 0. The summed E-state index contributed by atoms with van der Waals surface area (Å²) in [4.78, 5) is 0. The first-order chi connectivity index (χ1) is 9.14. The van der Waals surface area contributed by atoms with Crippen LogP contribution in [0.5, 0.6) is 0 Å². The van der Waals surface area contributed by atoms with E-state index in [0.29, 0.717) is 0 Å². The average Bonchev–Trinajstić information content (AvgIpc) is 2.46. The van der Waals surface area contributed by atoms with Gasteiger partial charge in [-0.25, -0.2) is 0 Å². The summed E-state index contributed by atoms with van der Waals surface area (Å²) in [6.07, 6.45) is 6.78. The predicted molar refractivity (Wildman–Crippen MR) is 83.3 cm³/mol. The molecule has 3 nitrogen and oxygen atoms in total. The lowest BCUT2D eigenvalue weighted by Gasteiger charge is -2.27. The fourth-order valence-electron chi connectivity index (χ4n) is 1.75. The molecule has 0 aliphatic heterocycles. The van der Waals surface area contributed by atoms with Gasteiger partial charge in [0.1, 0.15) is 0 Å². The molecule has 0 spiro atoms. The Labute approximate surface area is 121 Å². The van der Waals surface area contributed by atoms with Gasteiger partial charge in [0.25, 0.3) is 0 Å². The molecule has 0 unspecified atom stereocenters. The molecule has 0 atom stereocenters. The van der Waals surface area contributed by atoms with Crippen molar-refractivity contribution in [3.8, 4) is 0 Å². The van der Waals surface area contributed by atoms with Crippen molar-refractivity contribution in [1.29, 1.82) is 0 Å². The monoisotopic (exact) mass is 292 g/mol. The summed E-state index contributed by atoms with van der Waals surface area (Å²) < 4.78 is 18.1. The van der Waals surface area contributed by atoms with Crippen molar-refractivity contribution in [2.24, 2.45) is 0 Å². The summed E-state index contributed by atoms with van der Waals surface area (Å²) in [6.45, 7) is 12.9. The van der Waals surface area contributed by atoms with Crippen molar-refractivity contribution in [1.82, 2.24) is 0 Å². The van der Waals surface area contributed by atoms with Crippen molar-refractivity contribution < 1.29 is 13.6 Å². The first-order valence-electron chi connectivity index (χ1n) is 7.95. The molecule has 4 heteroatoms. The maximum absolute atomic E-state index is 6.04. The first kappa shape index (κ1) is 19.3. The van der Waals surface area contributed by atoms with Crippen LogP contribution < -0.4 is 0 Å². The molecule has 19 heavy (non-hydrogen) atoms. The summed E-state index contributed by atoms with van der Waals surface area (Å²) >= 11 is 0. The SMILES string of the molecule is CCC(CC)OP(OC(CC)CC)OC(CC)CC. The Morgan fingerprint density at radius 3 is 0.895 bits per heavy atom. The molecule has 0 amide bonds. The lowest BCUT2D eigenvalue weighted by atomic mass is 10.2. The minimum atomic E-state index is -1.21. The minimum absolute atomic E-state index is 0.245. The van der Waals surface area contributed by atoms with Gasteiger partial charge in [-0.1, -0.05) is 41.5 Å². The van der Waals surface area contributed by atoms with Crippen molar-refractivity contribution in [3.05, 3.63) is 0 Å². The second kappa shape index (κ2) is 12.1. The predicted octanol–water partition coefficient (Wildman–Crippen LogP) is 5.83. The Morgan fingerprint density at radius 1 is 0.526 bits per heavy atom. The molecular formula is C15H33O3P. The van der Waals surface area contributed by atoms with E-state index in [9.17, 15) is 0 Å². The van der Waals surface area contributed by atoms with E-state index < -0.39 is 8.60 Å². The Kier molecular flexibility index (Phi) is 12.3. The highest BCUT2D eigenvalue weighted by Gasteiger charge is 2.23. The van der Waals surface area contributed by atoms with E-state index in [2.05, 4.69) is 41.5 Å². The van der Waals surface area contributed by atoms with Crippen LogP contribution in [0.25, 0.3) is 0 Å². The smallest absolute Gasteiger partial charge is 0.309 e. The standard InChI is InChI=1S/C15H33O3P/c1-7-13(8-2)16-19(17-14(9-3)10-4)18-15(11-5)12-6/h13-15H,7-12H2,1-6H3. The maximum Gasteiger partial charge on any atom is 0.333 e. The summed E-state index contributed by atoms with van der Waals surface area (Å²) in [5.41, 5.74) is 0. The number of rotatable bonds is 12. The highest BCUT2D eigenvalue weighted by atomic mass is 31.2. The quantitative estimate of drug-likeness (QED) is 0.424. The van der Waals surface area contributed by atoms with Gasteiger partial charge in [0.05, 0.1) is 18.3 Å². The van der Waals surface area contributed by atoms with E-state index in [1.54, 1.807) is 0 Å². The molecule has 0 saturated carbocycles. The van der Waals surface area contributed by atoms with Crippen molar-refractivity contribution in [2.75, 3.05) is 0 Å². The highest BCUT2D eigenvalue weighted by molar-refractivity contribution is 7.41. The molecule has 0 radical (unpaired) electrons. The molecule has 0 rings (SSSR count). The normalized spacial score (nSPS) is 12.3. The molecule has 0 heterocycles. The van der Waals surface area contributed by atoms with E-state index in [1.807, 2.05) is 0 Å². The zero-order valence-electron chi connectivity index (χ0n) is 13.6. The fourth-order valence-corrected chi connectivity index (χ4v) is 3.53. The average molecular weight is 292 g/mol. The molecule has 0 aliphatic carbocycles. The van der Waals surface area contributed by atoms with Gasteiger partial charge < -0.3 is 13.6 Å². The van der Waals surface area contributed by atoms with Crippen LogP contribution in [0.1, 0.15) is 80.1 Å². The van der Waals surface area contributed by atoms with Gasteiger partial charge >= 0.3 is 8.60 Å². The molecule has 0 saturated heterocycles. The van der Waals surface area contributed by atoms with Crippen LogP contribution >= 0.6 is 8.60 Å². The van der Waals surface area contributed by atoms with Crippen LogP contribution in [-0.4, -0.2) is 18.3 Å². The van der Waals surface area contributed by atoms with Gasteiger partial charge in [-0.15, -0.1) is 0 Å². The lowest BCUT2D eigenvalue weighted by molar-refractivity contribution is 0.0584. The Hall–Kier alpha value is 0.310. The van der Waals surface area contributed by atoms with E-state index in [1.165, 1.54) is 0 Å². The fraction of sp³-hybridized carbons (Fsp3) is 1.00. The third-order valence-corrected chi connectivity index (χ3v) is 4.85. The van der Waals surface area contributed by atoms with E-state index in [4.69, 9.17) is 13.6 Å². The van der Waals surface area contributed by atoms with Crippen LogP contribution in [0.15, 0.2) is 0 Å². The molecule has 0 aromatic rings. The van der Waals surface area contributed by atoms with E-state index >= 15 is 0 Å². The number of hydrogen-bond acceptors (Lipinski definition) is 3. The Balaban J connectivity index is 4.51. The van der Waals surface area contributed by atoms with E-state index in [-0.39, 0.29) is 18.3 Å². The third-order valence-electron chi connectivity index (χ3n) is 3.44. The lowest BCUT2D eigenvalue weighted by Crippen LogP contribution is -2.17. The Bertz CT molecular complexity index is 157. The van der Waals surface area contributed by atoms with Gasteiger partial charge in [-0.2, -0.15) is 0 Å². The van der Waals surface area contributed by atoms with Crippen LogP contribution in [0, 0.1) is 0 Å². The van der Waals surface area contributed by atoms with Crippen molar-refractivity contribution >= 4 is 8.60 Å².